The lowest BCUT2D eigenvalue weighted by atomic mass is 10.1. The van der Waals surface area contributed by atoms with Crippen molar-refractivity contribution in [1.82, 2.24) is 0 Å². The minimum atomic E-state index is -0.570. The first-order valence-corrected chi connectivity index (χ1v) is 4.52. The Morgan fingerprint density at radius 3 is 2.29 bits per heavy atom. The third-order valence-electron chi connectivity index (χ3n) is 1.67. The molecule has 76 valence electrons. The summed E-state index contributed by atoms with van der Waals surface area (Å²) in [6.45, 7) is -0.570. The number of aliphatic hydroxyl groups excluding tert-OH is 1. The van der Waals surface area contributed by atoms with E-state index in [2.05, 4.69) is 0 Å². The molecule has 0 radical (unpaired) electrons. The fourth-order valence-corrected chi connectivity index (χ4v) is 1.65. The van der Waals surface area contributed by atoms with Crippen LogP contribution in [0.25, 0.3) is 0 Å². The molecule has 0 bridgehead atoms. The van der Waals surface area contributed by atoms with Gasteiger partial charge in [-0.2, -0.15) is 0 Å². The molecule has 0 aliphatic rings. The lowest BCUT2D eigenvalue weighted by molar-refractivity contribution is 0.0903. The Morgan fingerprint density at radius 1 is 1.43 bits per heavy atom. The van der Waals surface area contributed by atoms with Crippen LogP contribution in [0.1, 0.15) is 10.4 Å². The molecule has 0 atom stereocenters. The van der Waals surface area contributed by atoms with Crippen LogP contribution in [-0.4, -0.2) is 24.6 Å². The smallest absolute Gasteiger partial charge is 0.188 e. The van der Waals surface area contributed by atoms with Gasteiger partial charge in [0, 0.05) is 5.56 Å². The van der Waals surface area contributed by atoms with Crippen molar-refractivity contribution < 1.29 is 14.6 Å². The van der Waals surface area contributed by atoms with Crippen LogP contribution in [0, 0.1) is 0 Å². The standard InChI is InChI=1S/C9H8Cl2O3/c1-14-9-6(10)2-5(3-7(9)11)8(13)4-12/h2-3,12H,4H2,1H3. The van der Waals surface area contributed by atoms with Crippen LogP contribution < -0.4 is 4.74 Å². The highest BCUT2D eigenvalue weighted by molar-refractivity contribution is 6.37. The Hall–Kier alpha value is -0.770. The molecule has 0 unspecified atom stereocenters. The summed E-state index contributed by atoms with van der Waals surface area (Å²) in [7, 11) is 1.43. The number of ether oxygens (including phenoxy) is 1. The van der Waals surface area contributed by atoms with Gasteiger partial charge in [0.1, 0.15) is 6.61 Å². The van der Waals surface area contributed by atoms with Gasteiger partial charge in [-0.05, 0) is 12.1 Å². The molecule has 0 aromatic heterocycles. The first-order chi connectivity index (χ1) is 6.60. The average Bonchev–Trinajstić information content (AvgIpc) is 2.16. The maximum Gasteiger partial charge on any atom is 0.188 e. The van der Waals surface area contributed by atoms with Crippen molar-refractivity contribution in [2.24, 2.45) is 0 Å². The minimum absolute atomic E-state index is 0.247. The number of ketones is 1. The molecule has 0 saturated carbocycles. The van der Waals surface area contributed by atoms with Gasteiger partial charge in [-0.25, -0.2) is 0 Å². The van der Waals surface area contributed by atoms with E-state index in [1.807, 2.05) is 0 Å². The monoisotopic (exact) mass is 234 g/mol. The van der Waals surface area contributed by atoms with Crippen molar-refractivity contribution in [3.63, 3.8) is 0 Å². The molecule has 0 fully saturated rings. The van der Waals surface area contributed by atoms with Crippen molar-refractivity contribution in [1.29, 1.82) is 0 Å². The molecule has 1 N–H and O–H groups in total. The van der Waals surface area contributed by atoms with E-state index in [1.54, 1.807) is 0 Å². The fourth-order valence-electron chi connectivity index (χ4n) is 1.01. The fraction of sp³-hybridized carbons (Fsp3) is 0.222. The van der Waals surface area contributed by atoms with Crippen LogP contribution in [0.15, 0.2) is 12.1 Å². The zero-order valence-corrected chi connectivity index (χ0v) is 8.89. The second-order valence-electron chi connectivity index (χ2n) is 2.55. The SMILES string of the molecule is COc1c(Cl)cc(C(=O)CO)cc1Cl. The molecular weight excluding hydrogens is 227 g/mol. The average molecular weight is 235 g/mol. The molecule has 0 heterocycles. The molecule has 1 rings (SSSR count). The summed E-state index contributed by atoms with van der Waals surface area (Å²) in [6.07, 6.45) is 0. The van der Waals surface area contributed by atoms with Crippen molar-refractivity contribution >= 4 is 29.0 Å². The van der Waals surface area contributed by atoms with Gasteiger partial charge >= 0.3 is 0 Å². The Labute approximate surface area is 91.2 Å². The summed E-state index contributed by atoms with van der Waals surface area (Å²) in [6, 6.07) is 2.82. The first kappa shape index (κ1) is 11.3. The summed E-state index contributed by atoms with van der Waals surface area (Å²) < 4.78 is 4.91. The molecule has 0 aliphatic carbocycles. The summed E-state index contributed by atoms with van der Waals surface area (Å²) >= 11 is 11.6. The zero-order chi connectivity index (χ0) is 10.7. The van der Waals surface area contributed by atoms with Gasteiger partial charge in [0.2, 0.25) is 0 Å². The lowest BCUT2D eigenvalue weighted by Crippen LogP contribution is -2.04. The summed E-state index contributed by atoms with van der Waals surface area (Å²) in [5, 5.41) is 9.12. The van der Waals surface area contributed by atoms with Crippen molar-refractivity contribution in [2.45, 2.75) is 0 Å². The van der Waals surface area contributed by atoms with E-state index in [0.29, 0.717) is 5.75 Å². The summed E-state index contributed by atoms with van der Waals surface area (Å²) in [4.78, 5) is 11.1. The molecule has 0 aliphatic heterocycles. The topological polar surface area (TPSA) is 46.5 Å². The Morgan fingerprint density at radius 2 is 1.93 bits per heavy atom. The number of carbonyl (C=O) groups is 1. The van der Waals surface area contributed by atoms with E-state index in [0.717, 1.165) is 0 Å². The maximum absolute atomic E-state index is 11.1. The highest BCUT2D eigenvalue weighted by atomic mass is 35.5. The zero-order valence-electron chi connectivity index (χ0n) is 7.38. The number of hydrogen-bond donors (Lipinski definition) is 1. The maximum atomic E-state index is 11.1. The molecule has 0 amide bonds. The number of rotatable bonds is 3. The van der Waals surface area contributed by atoms with E-state index in [-0.39, 0.29) is 15.6 Å². The van der Waals surface area contributed by atoms with Crippen molar-refractivity contribution in [3.05, 3.63) is 27.7 Å². The second kappa shape index (κ2) is 4.64. The number of carbonyl (C=O) groups excluding carboxylic acids is 1. The Kier molecular flexibility index (Phi) is 3.75. The van der Waals surface area contributed by atoms with Gasteiger partial charge in [0.15, 0.2) is 11.5 Å². The number of halogens is 2. The number of aliphatic hydroxyl groups is 1. The Bertz CT molecular complexity index is 340. The number of Topliss-reactive ketones (excluding diaryl/α,β-unsaturated/α-hetero) is 1. The number of hydrogen-bond acceptors (Lipinski definition) is 3. The summed E-state index contributed by atoms with van der Waals surface area (Å²) in [5.74, 6) is -0.112. The predicted molar refractivity (Wildman–Crippen MR) is 54.4 cm³/mol. The molecule has 14 heavy (non-hydrogen) atoms. The van der Waals surface area contributed by atoms with Crippen LogP contribution in [0.5, 0.6) is 5.75 Å². The second-order valence-corrected chi connectivity index (χ2v) is 3.37. The first-order valence-electron chi connectivity index (χ1n) is 3.77. The van der Waals surface area contributed by atoms with Crippen LogP contribution in [0.3, 0.4) is 0 Å². The van der Waals surface area contributed by atoms with E-state index in [1.165, 1.54) is 19.2 Å². The highest BCUT2D eigenvalue weighted by Crippen LogP contribution is 2.33. The van der Waals surface area contributed by atoms with Gasteiger partial charge in [0.25, 0.3) is 0 Å². The predicted octanol–water partition coefficient (Wildman–Crippen LogP) is 2.18. The molecule has 0 saturated heterocycles. The van der Waals surface area contributed by atoms with Gasteiger partial charge in [0.05, 0.1) is 17.2 Å². The van der Waals surface area contributed by atoms with E-state index in [4.69, 9.17) is 33.0 Å². The van der Waals surface area contributed by atoms with Gasteiger partial charge in [-0.15, -0.1) is 0 Å². The lowest BCUT2D eigenvalue weighted by Gasteiger charge is -2.07. The number of methoxy groups -OCH3 is 1. The molecule has 1 aromatic rings. The van der Waals surface area contributed by atoms with E-state index >= 15 is 0 Å². The molecular formula is C9H8Cl2O3. The normalized spacial score (nSPS) is 10.0. The quantitative estimate of drug-likeness (QED) is 0.816. The molecule has 5 heteroatoms. The minimum Gasteiger partial charge on any atom is -0.494 e. The van der Waals surface area contributed by atoms with Crippen LogP contribution >= 0.6 is 23.2 Å². The van der Waals surface area contributed by atoms with Crippen LogP contribution in [0.4, 0.5) is 0 Å². The molecule has 1 aromatic carbocycles. The Balaban J connectivity index is 3.20. The van der Waals surface area contributed by atoms with Crippen molar-refractivity contribution in [2.75, 3.05) is 13.7 Å². The van der Waals surface area contributed by atoms with Crippen molar-refractivity contribution in [3.8, 4) is 5.75 Å². The number of benzene rings is 1. The van der Waals surface area contributed by atoms with Crippen LogP contribution in [0.2, 0.25) is 10.0 Å². The van der Waals surface area contributed by atoms with Gasteiger partial charge in [-0.1, -0.05) is 23.2 Å². The van der Waals surface area contributed by atoms with Crippen LogP contribution in [-0.2, 0) is 0 Å². The summed E-state index contributed by atoms with van der Waals surface area (Å²) in [5.41, 5.74) is 0.267. The largest absolute Gasteiger partial charge is 0.494 e. The van der Waals surface area contributed by atoms with E-state index in [9.17, 15) is 4.79 Å². The van der Waals surface area contributed by atoms with Gasteiger partial charge in [-0.3, -0.25) is 4.79 Å². The third-order valence-corrected chi connectivity index (χ3v) is 2.23. The van der Waals surface area contributed by atoms with E-state index < -0.39 is 12.4 Å². The van der Waals surface area contributed by atoms with Gasteiger partial charge < -0.3 is 9.84 Å². The molecule has 3 nitrogen and oxygen atoms in total. The highest BCUT2D eigenvalue weighted by Gasteiger charge is 2.12. The molecule has 0 spiro atoms. The third kappa shape index (κ3) is 2.18.